The minimum absolute atomic E-state index is 0.0671. The SMILES string of the molecule is CC1CC(=O)N(C2CCN(C)CC2)C(C)C1C(=O)O. The molecule has 1 N–H and O–H groups in total. The molecule has 3 unspecified atom stereocenters. The number of carboxylic acids is 1. The van der Waals surface area contributed by atoms with E-state index < -0.39 is 11.9 Å². The summed E-state index contributed by atoms with van der Waals surface area (Å²) < 4.78 is 0. The maximum Gasteiger partial charge on any atom is 0.308 e. The lowest BCUT2D eigenvalue weighted by Crippen LogP contribution is -2.58. The first kappa shape index (κ1) is 14.3. The summed E-state index contributed by atoms with van der Waals surface area (Å²) in [5.74, 6) is -1.14. The Kier molecular flexibility index (Phi) is 4.13. The Hall–Kier alpha value is -1.10. The Bertz CT molecular complexity index is 364. The van der Waals surface area contributed by atoms with Crippen LogP contribution in [-0.4, -0.2) is 59.0 Å². The van der Waals surface area contributed by atoms with E-state index >= 15 is 0 Å². The molecule has 2 aliphatic heterocycles. The lowest BCUT2D eigenvalue weighted by atomic mass is 9.79. The van der Waals surface area contributed by atoms with Gasteiger partial charge in [-0.15, -0.1) is 0 Å². The third-order valence-electron chi connectivity index (χ3n) is 4.72. The Labute approximate surface area is 114 Å². The van der Waals surface area contributed by atoms with Gasteiger partial charge in [-0.2, -0.15) is 0 Å². The van der Waals surface area contributed by atoms with Crippen molar-refractivity contribution in [2.24, 2.45) is 11.8 Å². The molecular weight excluding hydrogens is 244 g/mol. The van der Waals surface area contributed by atoms with E-state index in [0.717, 1.165) is 25.9 Å². The normalized spacial score (nSPS) is 34.6. The summed E-state index contributed by atoms with van der Waals surface area (Å²) in [7, 11) is 2.08. The number of nitrogens with zero attached hydrogens (tertiary/aromatic N) is 2. The van der Waals surface area contributed by atoms with E-state index in [0.29, 0.717) is 6.42 Å². The second kappa shape index (κ2) is 5.49. The van der Waals surface area contributed by atoms with Crippen molar-refractivity contribution in [3.8, 4) is 0 Å². The molecule has 19 heavy (non-hydrogen) atoms. The quantitative estimate of drug-likeness (QED) is 0.813. The summed E-state index contributed by atoms with van der Waals surface area (Å²) in [5.41, 5.74) is 0. The van der Waals surface area contributed by atoms with E-state index in [-0.39, 0.29) is 23.9 Å². The van der Waals surface area contributed by atoms with Gasteiger partial charge in [0.1, 0.15) is 0 Å². The van der Waals surface area contributed by atoms with Gasteiger partial charge in [0.15, 0.2) is 0 Å². The summed E-state index contributed by atoms with van der Waals surface area (Å²) in [6.07, 6.45) is 2.27. The Balaban J connectivity index is 2.14. The maximum absolute atomic E-state index is 12.3. The number of amides is 1. The van der Waals surface area contributed by atoms with E-state index in [1.54, 1.807) is 0 Å². The highest BCUT2D eigenvalue weighted by atomic mass is 16.4. The van der Waals surface area contributed by atoms with Gasteiger partial charge in [-0.05, 0) is 45.8 Å². The first-order chi connectivity index (χ1) is 8.91. The molecular formula is C14H24N2O3. The summed E-state index contributed by atoms with van der Waals surface area (Å²) in [4.78, 5) is 27.8. The summed E-state index contributed by atoms with van der Waals surface area (Å²) >= 11 is 0. The fourth-order valence-electron chi connectivity index (χ4n) is 3.64. The number of rotatable bonds is 2. The average Bonchev–Trinajstić information content (AvgIpc) is 2.30. The van der Waals surface area contributed by atoms with Gasteiger partial charge in [-0.25, -0.2) is 0 Å². The fourth-order valence-corrected chi connectivity index (χ4v) is 3.64. The standard InChI is InChI=1S/C14H24N2O3/c1-9-8-12(17)16(10(2)13(9)14(18)19)11-4-6-15(3)7-5-11/h9-11,13H,4-8H2,1-3H3,(H,18,19). The Morgan fingerprint density at radius 2 is 1.84 bits per heavy atom. The van der Waals surface area contributed by atoms with Crippen molar-refractivity contribution in [1.29, 1.82) is 0 Å². The number of likely N-dealkylation sites (tertiary alicyclic amines) is 2. The molecule has 0 bridgehead atoms. The molecule has 0 spiro atoms. The Morgan fingerprint density at radius 3 is 2.37 bits per heavy atom. The van der Waals surface area contributed by atoms with Gasteiger partial charge in [0.25, 0.3) is 0 Å². The molecule has 0 aromatic rings. The van der Waals surface area contributed by atoms with Crippen molar-refractivity contribution in [2.75, 3.05) is 20.1 Å². The molecule has 108 valence electrons. The maximum atomic E-state index is 12.3. The van der Waals surface area contributed by atoms with E-state index in [2.05, 4.69) is 11.9 Å². The molecule has 2 rings (SSSR count). The zero-order valence-corrected chi connectivity index (χ0v) is 12.0. The van der Waals surface area contributed by atoms with Crippen LogP contribution in [0.5, 0.6) is 0 Å². The Morgan fingerprint density at radius 1 is 1.26 bits per heavy atom. The fraction of sp³-hybridized carbons (Fsp3) is 0.857. The van der Waals surface area contributed by atoms with Crippen LogP contribution in [0.1, 0.15) is 33.1 Å². The lowest BCUT2D eigenvalue weighted by molar-refractivity contribution is -0.157. The first-order valence-electron chi connectivity index (χ1n) is 7.14. The highest BCUT2D eigenvalue weighted by molar-refractivity contribution is 5.82. The zero-order valence-electron chi connectivity index (χ0n) is 12.0. The first-order valence-corrected chi connectivity index (χ1v) is 7.14. The topological polar surface area (TPSA) is 60.9 Å². The number of piperidine rings is 2. The van der Waals surface area contributed by atoms with E-state index in [9.17, 15) is 14.7 Å². The van der Waals surface area contributed by atoms with Crippen molar-refractivity contribution in [3.63, 3.8) is 0 Å². The van der Waals surface area contributed by atoms with Crippen LogP contribution in [0.25, 0.3) is 0 Å². The van der Waals surface area contributed by atoms with Crippen molar-refractivity contribution in [3.05, 3.63) is 0 Å². The minimum Gasteiger partial charge on any atom is -0.481 e. The molecule has 3 atom stereocenters. The van der Waals surface area contributed by atoms with Crippen molar-refractivity contribution in [1.82, 2.24) is 9.80 Å². The molecule has 2 heterocycles. The van der Waals surface area contributed by atoms with Gasteiger partial charge in [-0.3, -0.25) is 9.59 Å². The van der Waals surface area contributed by atoms with Crippen LogP contribution in [0.15, 0.2) is 0 Å². The number of carbonyl (C=O) groups is 2. The molecule has 0 aliphatic carbocycles. The number of carbonyl (C=O) groups excluding carboxylic acids is 1. The summed E-state index contributed by atoms with van der Waals surface area (Å²) in [5, 5.41) is 9.38. The third-order valence-corrected chi connectivity index (χ3v) is 4.72. The smallest absolute Gasteiger partial charge is 0.308 e. The summed E-state index contributed by atoms with van der Waals surface area (Å²) in [6.45, 7) is 5.73. The minimum atomic E-state index is -0.773. The predicted molar refractivity (Wildman–Crippen MR) is 71.7 cm³/mol. The van der Waals surface area contributed by atoms with Crippen LogP contribution >= 0.6 is 0 Å². The lowest BCUT2D eigenvalue weighted by Gasteiger charge is -2.47. The third kappa shape index (κ3) is 2.76. The van der Waals surface area contributed by atoms with Gasteiger partial charge >= 0.3 is 5.97 Å². The van der Waals surface area contributed by atoms with Crippen molar-refractivity contribution in [2.45, 2.75) is 45.2 Å². The van der Waals surface area contributed by atoms with E-state index in [1.807, 2.05) is 18.7 Å². The summed E-state index contributed by atoms with van der Waals surface area (Å²) in [6, 6.07) is 0.0233. The van der Waals surface area contributed by atoms with Gasteiger partial charge in [0, 0.05) is 18.5 Å². The van der Waals surface area contributed by atoms with Crippen LogP contribution < -0.4 is 0 Å². The molecule has 0 saturated carbocycles. The molecule has 2 aliphatic rings. The van der Waals surface area contributed by atoms with Crippen LogP contribution in [0.2, 0.25) is 0 Å². The van der Waals surface area contributed by atoms with Crippen molar-refractivity contribution >= 4 is 11.9 Å². The predicted octanol–water partition coefficient (Wildman–Crippen LogP) is 1.04. The highest BCUT2D eigenvalue weighted by Gasteiger charge is 2.44. The molecule has 5 nitrogen and oxygen atoms in total. The molecule has 0 aromatic heterocycles. The molecule has 5 heteroatoms. The number of hydrogen-bond donors (Lipinski definition) is 1. The van der Waals surface area contributed by atoms with Crippen LogP contribution in [0.4, 0.5) is 0 Å². The van der Waals surface area contributed by atoms with Crippen LogP contribution in [0, 0.1) is 11.8 Å². The van der Waals surface area contributed by atoms with E-state index in [4.69, 9.17) is 0 Å². The number of aliphatic carboxylic acids is 1. The average molecular weight is 268 g/mol. The second-order valence-electron chi connectivity index (χ2n) is 6.12. The monoisotopic (exact) mass is 268 g/mol. The van der Waals surface area contributed by atoms with E-state index in [1.165, 1.54) is 0 Å². The van der Waals surface area contributed by atoms with Crippen LogP contribution in [0.3, 0.4) is 0 Å². The van der Waals surface area contributed by atoms with Gasteiger partial charge < -0.3 is 14.9 Å². The van der Waals surface area contributed by atoms with Gasteiger partial charge in [0.05, 0.1) is 5.92 Å². The van der Waals surface area contributed by atoms with Crippen molar-refractivity contribution < 1.29 is 14.7 Å². The van der Waals surface area contributed by atoms with Gasteiger partial charge in [-0.1, -0.05) is 6.92 Å². The number of hydrogen-bond acceptors (Lipinski definition) is 3. The van der Waals surface area contributed by atoms with Crippen LogP contribution in [-0.2, 0) is 9.59 Å². The molecule has 2 saturated heterocycles. The largest absolute Gasteiger partial charge is 0.481 e. The zero-order chi connectivity index (χ0) is 14.2. The van der Waals surface area contributed by atoms with Gasteiger partial charge in [0.2, 0.25) is 5.91 Å². The molecule has 0 aromatic carbocycles. The molecule has 1 amide bonds. The second-order valence-corrected chi connectivity index (χ2v) is 6.12. The number of carboxylic acid groups (broad SMARTS) is 1. The molecule has 0 radical (unpaired) electrons. The molecule has 2 fully saturated rings. The highest BCUT2D eigenvalue weighted by Crippen LogP contribution is 2.33.